The first-order valence-corrected chi connectivity index (χ1v) is 5.56. The topological polar surface area (TPSA) is 91.2 Å². The summed E-state index contributed by atoms with van der Waals surface area (Å²) >= 11 is 0. The Hall–Kier alpha value is -2.73. The summed E-state index contributed by atoms with van der Waals surface area (Å²) in [7, 11) is 0. The average molecular weight is 236 g/mol. The molecule has 2 aromatic rings. The van der Waals surface area contributed by atoms with Gasteiger partial charge < -0.3 is 0 Å². The van der Waals surface area contributed by atoms with Crippen LogP contribution in [0.4, 0.5) is 0 Å². The second kappa shape index (κ2) is 3.94. The largest absolute Gasteiger partial charge is 0.273 e. The third kappa shape index (κ3) is 1.36. The van der Waals surface area contributed by atoms with Crippen molar-refractivity contribution in [3.05, 3.63) is 35.3 Å². The minimum Gasteiger partial charge on any atom is -0.273 e. The summed E-state index contributed by atoms with van der Waals surface area (Å²) in [5.41, 5.74) is 2.43. The molecule has 2 heterocycles. The predicted molar refractivity (Wildman–Crippen MR) is 60.6 cm³/mol. The van der Waals surface area contributed by atoms with Crippen molar-refractivity contribution in [2.75, 3.05) is 0 Å². The van der Waals surface area contributed by atoms with Crippen LogP contribution in [0.3, 0.4) is 0 Å². The highest BCUT2D eigenvalue weighted by Crippen LogP contribution is 2.25. The first-order valence-electron chi connectivity index (χ1n) is 5.56. The molecule has 1 aliphatic rings. The summed E-state index contributed by atoms with van der Waals surface area (Å²) in [6, 6.07) is 3.91. The first kappa shape index (κ1) is 10.4. The molecule has 3 rings (SSSR count). The number of nitriles is 2. The van der Waals surface area contributed by atoms with E-state index in [1.54, 1.807) is 4.57 Å². The van der Waals surface area contributed by atoms with Crippen LogP contribution in [0.1, 0.15) is 29.1 Å². The van der Waals surface area contributed by atoms with E-state index in [-0.39, 0.29) is 11.4 Å². The Bertz CT molecular complexity index is 700. The lowest BCUT2D eigenvalue weighted by atomic mass is 10.2. The van der Waals surface area contributed by atoms with Gasteiger partial charge in [0.05, 0.1) is 0 Å². The van der Waals surface area contributed by atoms with Crippen molar-refractivity contribution in [3.8, 4) is 18.0 Å². The van der Waals surface area contributed by atoms with Gasteiger partial charge in [-0.1, -0.05) is 0 Å². The maximum absolute atomic E-state index is 9.12. The van der Waals surface area contributed by atoms with E-state index in [1.165, 1.54) is 12.7 Å². The molecule has 0 atom stereocenters. The molecule has 0 saturated heterocycles. The van der Waals surface area contributed by atoms with E-state index in [2.05, 4.69) is 15.0 Å². The van der Waals surface area contributed by atoms with E-state index in [9.17, 15) is 0 Å². The SMILES string of the molecule is N#Cc1ncn(-c2ncnc3c2CCC3)c1C#N. The lowest BCUT2D eigenvalue weighted by molar-refractivity contribution is 0.893. The number of rotatable bonds is 1. The first-order chi connectivity index (χ1) is 8.85. The minimum atomic E-state index is 0.128. The van der Waals surface area contributed by atoms with E-state index >= 15 is 0 Å². The monoisotopic (exact) mass is 236 g/mol. The fourth-order valence-corrected chi connectivity index (χ4v) is 2.25. The second-order valence-corrected chi connectivity index (χ2v) is 4.01. The van der Waals surface area contributed by atoms with E-state index in [0.717, 1.165) is 30.5 Å². The zero-order valence-electron chi connectivity index (χ0n) is 9.46. The van der Waals surface area contributed by atoms with Crippen LogP contribution in [0.25, 0.3) is 5.82 Å². The number of hydrogen-bond donors (Lipinski definition) is 0. The van der Waals surface area contributed by atoms with Crippen LogP contribution in [0, 0.1) is 22.7 Å². The van der Waals surface area contributed by atoms with Gasteiger partial charge in [0.1, 0.15) is 30.6 Å². The minimum absolute atomic E-state index is 0.128. The molecular formula is C12H8N6. The Kier molecular flexibility index (Phi) is 2.28. The van der Waals surface area contributed by atoms with Gasteiger partial charge in [0.15, 0.2) is 11.4 Å². The van der Waals surface area contributed by atoms with Gasteiger partial charge in [-0.15, -0.1) is 0 Å². The zero-order valence-corrected chi connectivity index (χ0v) is 9.46. The Morgan fingerprint density at radius 2 is 2.00 bits per heavy atom. The van der Waals surface area contributed by atoms with Gasteiger partial charge in [-0.05, 0) is 19.3 Å². The number of aromatic nitrogens is 4. The van der Waals surface area contributed by atoms with Crippen molar-refractivity contribution >= 4 is 0 Å². The molecule has 6 nitrogen and oxygen atoms in total. The third-order valence-corrected chi connectivity index (χ3v) is 3.06. The lowest BCUT2D eigenvalue weighted by Gasteiger charge is -2.07. The van der Waals surface area contributed by atoms with Gasteiger partial charge >= 0.3 is 0 Å². The summed E-state index contributed by atoms with van der Waals surface area (Å²) in [5.74, 6) is 0.669. The van der Waals surface area contributed by atoms with E-state index in [4.69, 9.17) is 10.5 Å². The molecule has 86 valence electrons. The highest BCUT2D eigenvalue weighted by Gasteiger charge is 2.21. The quantitative estimate of drug-likeness (QED) is 0.733. The summed E-state index contributed by atoms with van der Waals surface area (Å²) in [4.78, 5) is 12.4. The molecule has 0 bridgehead atoms. The normalized spacial score (nSPS) is 12.8. The van der Waals surface area contributed by atoms with Crippen molar-refractivity contribution < 1.29 is 0 Å². The molecule has 0 aliphatic heterocycles. The van der Waals surface area contributed by atoms with Crippen molar-refractivity contribution in [3.63, 3.8) is 0 Å². The molecule has 0 fully saturated rings. The predicted octanol–water partition coefficient (Wildman–Crippen LogP) is 0.894. The van der Waals surface area contributed by atoms with E-state index < -0.39 is 0 Å². The fourth-order valence-electron chi connectivity index (χ4n) is 2.25. The van der Waals surface area contributed by atoms with Crippen LogP contribution in [-0.2, 0) is 12.8 Å². The second-order valence-electron chi connectivity index (χ2n) is 4.01. The smallest absolute Gasteiger partial charge is 0.177 e. The van der Waals surface area contributed by atoms with Gasteiger partial charge in [0, 0.05) is 11.3 Å². The Morgan fingerprint density at radius 1 is 1.11 bits per heavy atom. The van der Waals surface area contributed by atoms with Crippen molar-refractivity contribution in [1.29, 1.82) is 10.5 Å². The lowest BCUT2D eigenvalue weighted by Crippen LogP contribution is -2.05. The van der Waals surface area contributed by atoms with E-state index in [1.807, 2.05) is 12.1 Å². The Labute approximate surface area is 103 Å². The number of hydrogen-bond acceptors (Lipinski definition) is 5. The molecule has 0 aromatic carbocycles. The summed E-state index contributed by atoms with van der Waals surface area (Å²) in [5, 5.41) is 18.0. The molecule has 18 heavy (non-hydrogen) atoms. The summed E-state index contributed by atoms with van der Waals surface area (Å²) < 4.78 is 1.57. The molecule has 0 saturated carbocycles. The van der Waals surface area contributed by atoms with Crippen LogP contribution in [-0.4, -0.2) is 19.5 Å². The molecule has 0 radical (unpaired) electrons. The van der Waals surface area contributed by atoms with Crippen molar-refractivity contribution in [1.82, 2.24) is 19.5 Å². The maximum Gasteiger partial charge on any atom is 0.177 e. The molecule has 0 N–H and O–H groups in total. The van der Waals surface area contributed by atoms with E-state index in [0.29, 0.717) is 5.82 Å². The number of fused-ring (bicyclic) bond motifs is 1. The van der Waals surface area contributed by atoms with Crippen LogP contribution >= 0.6 is 0 Å². The molecule has 0 spiro atoms. The maximum atomic E-state index is 9.12. The number of imidazole rings is 1. The van der Waals surface area contributed by atoms with Crippen molar-refractivity contribution in [2.45, 2.75) is 19.3 Å². The van der Waals surface area contributed by atoms with Crippen LogP contribution in [0.15, 0.2) is 12.7 Å². The Balaban J connectivity index is 2.24. The van der Waals surface area contributed by atoms with Crippen LogP contribution in [0.5, 0.6) is 0 Å². The highest BCUT2D eigenvalue weighted by molar-refractivity contribution is 5.46. The summed E-state index contributed by atoms with van der Waals surface area (Å²) in [6.45, 7) is 0. The van der Waals surface area contributed by atoms with Gasteiger partial charge in [-0.3, -0.25) is 4.57 Å². The number of nitrogens with zero attached hydrogens (tertiary/aromatic N) is 6. The molecule has 1 aliphatic carbocycles. The van der Waals surface area contributed by atoms with Gasteiger partial charge in [0.25, 0.3) is 0 Å². The highest BCUT2D eigenvalue weighted by atomic mass is 15.1. The third-order valence-electron chi connectivity index (χ3n) is 3.06. The standard InChI is InChI=1S/C12H8N6/c13-4-10-11(5-14)18(7-17-10)12-8-2-1-3-9(8)15-6-16-12/h6-7H,1-3H2. The molecule has 6 heteroatoms. The van der Waals surface area contributed by atoms with Gasteiger partial charge in [0.2, 0.25) is 0 Å². The molecule has 0 amide bonds. The zero-order chi connectivity index (χ0) is 12.5. The molecule has 2 aromatic heterocycles. The Morgan fingerprint density at radius 3 is 2.78 bits per heavy atom. The molecular weight excluding hydrogens is 228 g/mol. The van der Waals surface area contributed by atoms with Gasteiger partial charge in [-0.2, -0.15) is 10.5 Å². The average Bonchev–Trinajstić information content (AvgIpc) is 3.03. The molecule has 0 unspecified atom stereocenters. The fraction of sp³-hybridized carbons (Fsp3) is 0.250. The van der Waals surface area contributed by atoms with Crippen LogP contribution in [0.2, 0.25) is 0 Å². The summed E-state index contributed by atoms with van der Waals surface area (Å²) in [6.07, 6.45) is 5.84. The van der Waals surface area contributed by atoms with Gasteiger partial charge in [-0.25, -0.2) is 15.0 Å². The van der Waals surface area contributed by atoms with Crippen molar-refractivity contribution in [2.24, 2.45) is 0 Å². The van der Waals surface area contributed by atoms with Crippen LogP contribution < -0.4 is 0 Å². The number of aryl methyl sites for hydroxylation is 1.